The Kier molecular flexibility index (Phi) is 7.61. The largest absolute Gasteiger partial charge is 0.480 e. The minimum Gasteiger partial charge on any atom is -0.480 e. The molecule has 1 atom stereocenters. The first-order valence-corrected chi connectivity index (χ1v) is 6.16. The van der Waals surface area contributed by atoms with Gasteiger partial charge in [-0.1, -0.05) is 32.6 Å². The number of terminal acetylenes is 1. The zero-order chi connectivity index (χ0) is 14.1. The van der Waals surface area contributed by atoms with Crippen LogP contribution in [-0.4, -0.2) is 41.1 Å². The monoisotopic (exact) mass is 254 g/mol. The maximum Gasteiger partial charge on any atom is 0.323 e. The third kappa shape index (κ3) is 5.58. The first kappa shape index (κ1) is 16.3. The van der Waals surface area contributed by atoms with Crippen molar-refractivity contribution < 1.29 is 14.7 Å². The van der Waals surface area contributed by atoms with Crippen molar-refractivity contribution in [1.29, 1.82) is 0 Å². The van der Waals surface area contributed by atoms with E-state index in [1.54, 1.807) is 0 Å². The third-order valence-electron chi connectivity index (χ3n) is 3.00. The number of nitrogens with one attached hydrogen (secondary N) is 1. The summed E-state index contributed by atoms with van der Waals surface area (Å²) in [6.07, 6.45) is 7.05. The zero-order valence-corrected chi connectivity index (χ0v) is 11.3. The Morgan fingerprint density at radius 3 is 2.33 bits per heavy atom. The molecule has 0 rings (SSSR count). The third-order valence-corrected chi connectivity index (χ3v) is 3.00. The molecule has 102 valence electrons. The fourth-order valence-corrected chi connectivity index (χ4v) is 1.87. The lowest BCUT2D eigenvalue weighted by molar-refractivity contribution is -0.137. The van der Waals surface area contributed by atoms with E-state index in [0.29, 0.717) is 5.92 Å². The Balaban J connectivity index is 4.50. The summed E-state index contributed by atoms with van der Waals surface area (Å²) in [5, 5.41) is 11.5. The van der Waals surface area contributed by atoms with Crippen LogP contribution in [0.25, 0.3) is 0 Å². The van der Waals surface area contributed by atoms with E-state index < -0.39 is 12.0 Å². The van der Waals surface area contributed by atoms with Crippen LogP contribution in [0.1, 0.15) is 33.6 Å². The molecule has 5 nitrogen and oxygen atoms in total. The van der Waals surface area contributed by atoms with Gasteiger partial charge in [-0.15, -0.1) is 6.42 Å². The summed E-state index contributed by atoms with van der Waals surface area (Å²) in [5.74, 6) is 1.59. The van der Waals surface area contributed by atoms with E-state index in [1.807, 2.05) is 6.92 Å². The lowest BCUT2D eigenvalue weighted by atomic mass is 9.96. The normalized spacial score (nSPS) is 11.7. The predicted octanol–water partition coefficient (Wildman–Crippen LogP) is 1.54. The smallest absolute Gasteiger partial charge is 0.323 e. The molecule has 5 heteroatoms. The Labute approximate surface area is 109 Å². The average Bonchev–Trinajstić information content (AvgIpc) is 2.29. The number of carboxylic acids is 1. The number of hydrogen-bond acceptors (Lipinski definition) is 2. The molecule has 0 spiro atoms. The number of urea groups is 1. The van der Waals surface area contributed by atoms with E-state index in [9.17, 15) is 9.59 Å². The Hall–Kier alpha value is -1.70. The molecule has 0 aromatic heterocycles. The summed E-state index contributed by atoms with van der Waals surface area (Å²) in [6.45, 7) is 5.66. The van der Waals surface area contributed by atoms with Crippen LogP contribution in [0.3, 0.4) is 0 Å². The minimum atomic E-state index is -1.07. The topological polar surface area (TPSA) is 69.6 Å². The van der Waals surface area contributed by atoms with E-state index in [0.717, 1.165) is 17.7 Å². The number of hydrogen-bond donors (Lipinski definition) is 2. The Morgan fingerprint density at radius 2 is 1.94 bits per heavy atom. The van der Waals surface area contributed by atoms with Crippen molar-refractivity contribution in [2.45, 2.75) is 39.7 Å². The minimum absolute atomic E-state index is 0.00145. The van der Waals surface area contributed by atoms with Gasteiger partial charge in [-0.2, -0.15) is 0 Å². The second kappa shape index (κ2) is 8.40. The SMILES string of the molecule is C#CCN(CC(=O)O)C(=O)NC(C)C(CC)CC. The lowest BCUT2D eigenvalue weighted by Crippen LogP contribution is -2.48. The molecule has 0 saturated heterocycles. The summed E-state index contributed by atoms with van der Waals surface area (Å²) < 4.78 is 0. The first-order chi connectivity index (χ1) is 8.46. The lowest BCUT2D eigenvalue weighted by Gasteiger charge is -2.26. The first-order valence-electron chi connectivity index (χ1n) is 6.16. The molecule has 2 N–H and O–H groups in total. The maximum absolute atomic E-state index is 11.9. The molecule has 18 heavy (non-hydrogen) atoms. The van der Waals surface area contributed by atoms with Gasteiger partial charge in [0.1, 0.15) is 6.54 Å². The summed E-state index contributed by atoms with van der Waals surface area (Å²) in [4.78, 5) is 23.6. The summed E-state index contributed by atoms with van der Waals surface area (Å²) in [5.41, 5.74) is 0. The number of rotatable bonds is 7. The number of carboxylic acid groups (broad SMARTS) is 1. The van der Waals surface area contributed by atoms with Gasteiger partial charge in [-0.25, -0.2) is 4.79 Å². The Bertz CT molecular complexity index is 319. The Morgan fingerprint density at radius 1 is 1.39 bits per heavy atom. The van der Waals surface area contributed by atoms with E-state index in [4.69, 9.17) is 11.5 Å². The highest BCUT2D eigenvalue weighted by molar-refractivity contribution is 5.80. The highest BCUT2D eigenvalue weighted by atomic mass is 16.4. The van der Waals surface area contributed by atoms with Gasteiger partial charge < -0.3 is 15.3 Å². The van der Waals surface area contributed by atoms with E-state index in [1.165, 1.54) is 0 Å². The van der Waals surface area contributed by atoms with Crippen molar-refractivity contribution in [3.05, 3.63) is 0 Å². The van der Waals surface area contributed by atoms with Crippen LogP contribution in [0, 0.1) is 18.3 Å². The molecule has 0 saturated carbocycles. The summed E-state index contributed by atoms with van der Waals surface area (Å²) in [7, 11) is 0. The quantitative estimate of drug-likeness (QED) is 0.677. The van der Waals surface area contributed by atoms with Crippen LogP contribution >= 0.6 is 0 Å². The van der Waals surface area contributed by atoms with Gasteiger partial charge in [0.2, 0.25) is 0 Å². The predicted molar refractivity (Wildman–Crippen MR) is 70.1 cm³/mol. The van der Waals surface area contributed by atoms with Crippen LogP contribution < -0.4 is 5.32 Å². The molecule has 0 radical (unpaired) electrons. The van der Waals surface area contributed by atoms with Crippen LogP contribution in [0.5, 0.6) is 0 Å². The fourth-order valence-electron chi connectivity index (χ4n) is 1.87. The van der Waals surface area contributed by atoms with Crippen LogP contribution in [0.15, 0.2) is 0 Å². The zero-order valence-electron chi connectivity index (χ0n) is 11.3. The second-order valence-electron chi connectivity index (χ2n) is 4.27. The van der Waals surface area contributed by atoms with Crippen molar-refractivity contribution in [3.8, 4) is 12.3 Å². The highest BCUT2D eigenvalue weighted by Crippen LogP contribution is 2.12. The second-order valence-corrected chi connectivity index (χ2v) is 4.27. The number of aliphatic carboxylic acids is 1. The molecule has 0 aliphatic heterocycles. The molecule has 0 aliphatic rings. The molecule has 0 bridgehead atoms. The van der Waals surface area contributed by atoms with Crippen LogP contribution in [0.2, 0.25) is 0 Å². The van der Waals surface area contributed by atoms with Gasteiger partial charge in [0.25, 0.3) is 0 Å². The van der Waals surface area contributed by atoms with Crippen molar-refractivity contribution in [2.24, 2.45) is 5.92 Å². The molecule has 0 fully saturated rings. The number of amides is 2. The number of nitrogens with zero attached hydrogens (tertiary/aromatic N) is 1. The van der Waals surface area contributed by atoms with E-state index >= 15 is 0 Å². The molecular weight excluding hydrogens is 232 g/mol. The average molecular weight is 254 g/mol. The number of carbonyl (C=O) groups excluding carboxylic acids is 1. The fraction of sp³-hybridized carbons (Fsp3) is 0.692. The van der Waals surface area contributed by atoms with Crippen molar-refractivity contribution in [2.75, 3.05) is 13.1 Å². The van der Waals surface area contributed by atoms with Crippen molar-refractivity contribution in [1.82, 2.24) is 10.2 Å². The van der Waals surface area contributed by atoms with Crippen molar-refractivity contribution in [3.63, 3.8) is 0 Å². The molecule has 0 aliphatic carbocycles. The van der Waals surface area contributed by atoms with E-state index in [2.05, 4.69) is 25.1 Å². The molecule has 1 unspecified atom stereocenters. The van der Waals surface area contributed by atoms with Gasteiger partial charge in [0.15, 0.2) is 0 Å². The standard InChI is InChI=1S/C13H22N2O3/c1-5-8-15(9-12(16)17)13(18)14-10(4)11(6-2)7-3/h1,10-11H,6-9H2,2-4H3,(H,14,18)(H,16,17). The summed E-state index contributed by atoms with van der Waals surface area (Å²) >= 11 is 0. The van der Waals surface area contributed by atoms with Gasteiger partial charge in [-0.05, 0) is 12.8 Å². The molecule has 0 heterocycles. The van der Waals surface area contributed by atoms with Gasteiger partial charge in [-0.3, -0.25) is 4.79 Å². The van der Waals surface area contributed by atoms with Gasteiger partial charge in [0, 0.05) is 6.04 Å². The number of carbonyl (C=O) groups is 2. The van der Waals surface area contributed by atoms with Gasteiger partial charge in [0.05, 0.1) is 6.54 Å². The highest BCUT2D eigenvalue weighted by Gasteiger charge is 2.20. The molecular formula is C13H22N2O3. The van der Waals surface area contributed by atoms with Crippen molar-refractivity contribution >= 4 is 12.0 Å². The maximum atomic E-state index is 11.9. The molecule has 2 amide bonds. The molecule has 0 aromatic rings. The van der Waals surface area contributed by atoms with Gasteiger partial charge >= 0.3 is 12.0 Å². The molecule has 0 aromatic carbocycles. The van der Waals surface area contributed by atoms with Crippen LogP contribution in [-0.2, 0) is 4.79 Å². The van der Waals surface area contributed by atoms with Crippen LogP contribution in [0.4, 0.5) is 4.79 Å². The summed E-state index contributed by atoms with van der Waals surface area (Å²) in [6, 6.07) is -0.420. The van der Waals surface area contributed by atoms with E-state index in [-0.39, 0.29) is 19.1 Å².